The summed E-state index contributed by atoms with van der Waals surface area (Å²) in [5.74, 6) is 0. The predicted molar refractivity (Wildman–Crippen MR) is 43.2 cm³/mol. The lowest BCUT2D eigenvalue weighted by atomic mass is 10.5. The van der Waals surface area contributed by atoms with E-state index < -0.39 is 0 Å². The van der Waals surface area contributed by atoms with Crippen LogP contribution in [0.3, 0.4) is 0 Å². The molecule has 1 aromatic heterocycles. The molecule has 1 heterocycles. The zero-order valence-corrected chi connectivity index (χ0v) is 7.13. The van der Waals surface area contributed by atoms with Crippen molar-refractivity contribution in [2.45, 2.75) is 6.54 Å². The maximum atomic E-state index is 5.68. The van der Waals surface area contributed by atoms with Gasteiger partial charge in [-0.2, -0.15) is 5.48 Å². The molecule has 0 amide bonds. The fourth-order valence-corrected chi connectivity index (χ4v) is 1.59. The van der Waals surface area contributed by atoms with Crippen LogP contribution in [0, 0.1) is 0 Å². The van der Waals surface area contributed by atoms with E-state index in [2.05, 4.69) is 10.3 Å². The van der Waals surface area contributed by atoms with E-state index in [1.165, 1.54) is 4.88 Å². The van der Waals surface area contributed by atoms with Crippen LogP contribution in [0.15, 0.2) is 11.4 Å². The summed E-state index contributed by atoms with van der Waals surface area (Å²) in [6, 6.07) is 1.91. The van der Waals surface area contributed by atoms with E-state index >= 15 is 0 Å². The van der Waals surface area contributed by atoms with Gasteiger partial charge in [-0.25, -0.2) is 0 Å². The normalized spacial score (nSPS) is 10.2. The van der Waals surface area contributed by atoms with Crippen LogP contribution in [0.2, 0.25) is 5.02 Å². The number of hydrogen-bond donors (Lipinski definition) is 1. The second kappa shape index (κ2) is 3.93. The molecule has 0 saturated carbocycles. The Bertz CT molecular complexity index is 201. The summed E-state index contributed by atoms with van der Waals surface area (Å²) in [7, 11) is 1.59. The van der Waals surface area contributed by atoms with Crippen molar-refractivity contribution < 1.29 is 4.84 Å². The molecule has 0 atom stereocenters. The van der Waals surface area contributed by atoms with Crippen LogP contribution in [-0.2, 0) is 11.4 Å². The SMILES string of the molecule is CONCc1cc(Cl)cs1. The Hall–Kier alpha value is -0.0900. The van der Waals surface area contributed by atoms with Crippen molar-refractivity contribution in [1.82, 2.24) is 5.48 Å². The second-order valence-corrected chi connectivity index (χ2v) is 3.19. The van der Waals surface area contributed by atoms with Crippen LogP contribution < -0.4 is 5.48 Å². The molecule has 56 valence electrons. The van der Waals surface area contributed by atoms with E-state index in [0.717, 1.165) is 5.02 Å². The Kier molecular flexibility index (Phi) is 3.15. The van der Waals surface area contributed by atoms with Crippen LogP contribution in [-0.4, -0.2) is 7.11 Å². The highest BCUT2D eigenvalue weighted by Gasteiger charge is 1.95. The standard InChI is InChI=1S/C6H8ClNOS/c1-9-8-3-6-2-5(7)4-10-6/h2,4,8H,3H2,1H3. The van der Waals surface area contributed by atoms with E-state index in [4.69, 9.17) is 11.6 Å². The Morgan fingerprint density at radius 1 is 1.80 bits per heavy atom. The summed E-state index contributed by atoms with van der Waals surface area (Å²) in [4.78, 5) is 5.84. The third-order valence-corrected chi connectivity index (χ3v) is 2.30. The fraction of sp³-hybridized carbons (Fsp3) is 0.333. The van der Waals surface area contributed by atoms with Gasteiger partial charge >= 0.3 is 0 Å². The topological polar surface area (TPSA) is 21.3 Å². The zero-order valence-electron chi connectivity index (χ0n) is 5.56. The Balaban J connectivity index is 2.42. The van der Waals surface area contributed by atoms with E-state index in [1.54, 1.807) is 18.4 Å². The number of hydroxylamine groups is 1. The molecule has 0 saturated heterocycles. The van der Waals surface area contributed by atoms with Gasteiger partial charge in [-0.05, 0) is 6.07 Å². The molecule has 0 unspecified atom stereocenters. The van der Waals surface area contributed by atoms with Gasteiger partial charge in [0.15, 0.2) is 0 Å². The van der Waals surface area contributed by atoms with Gasteiger partial charge in [0.25, 0.3) is 0 Å². The maximum absolute atomic E-state index is 5.68. The van der Waals surface area contributed by atoms with Crippen LogP contribution in [0.1, 0.15) is 4.88 Å². The molecule has 0 aromatic carbocycles. The highest BCUT2D eigenvalue weighted by Crippen LogP contribution is 2.18. The fourth-order valence-electron chi connectivity index (χ4n) is 0.590. The number of hydrogen-bond acceptors (Lipinski definition) is 3. The minimum absolute atomic E-state index is 0.716. The van der Waals surface area contributed by atoms with E-state index in [0.29, 0.717) is 6.54 Å². The van der Waals surface area contributed by atoms with Crippen molar-refractivity contribution >= 4 is 22.9 Å². The van der Waals surface area contributed by atoms with Gasteiger partial charge in [0.05, 0.1) is 18.7 Å². The molecule has 0 fully saturated rings. The van der Waals surface area contributed by atoms with Gasteiger partial charge < -0.3 is 4.84 Å². The molecular formula is C6H8ClNOS. The van der Waals surface area contributed by atoms with Gasteiger partial charge in [0.2, 0.25) is 0 Å². The van der Waals surface area contributed by atoms with Crippen LogP contribution in [0.5, 0.6) is 0 Å². The molecular weight excluding hydrogens is 170 g/mol. The Morgan fingerprint density at radius 3 is 3.10 bits per heavy atom. The largest absolute Gasteiger partial charge is 0.305 e. The molecule has 4 heteroatoms. The van der Waals surface area contributed by atoms with Gasteiger partial charge in [-0.1, -0.05) is 11.6 Å². The molecule has 0 aliphatic carbocycles. The summed E-state index contributed by atoms with van der Waals surface area (Å²) in [6.07, 6.45) is 0. The van der Waals surface area contributed by atoms with Crippen molar-refractivity contribution in [3.63, 3.8) is 0 Å². The first kappa shape index (κ1) is 8.01. The summed E-state index contributed by atoms with van der Waals surface area (Å²) in [6.45, 7) is 0.716. The first-order chi connectivity index (χ1) is 4.83. The van der Waals surface area contributed by atoms with E-state index in [9.17, 15) is 0 Å². The number of halogens is 1. The van der Waals surface area contributed by atoms with Crippen LogP contribution in [0.25, 0.3) is 0 Å². The molecule has 1 rings (SSSR count). The summed E-state index contributed by atoms with van der Waals surface area (Å²) >= 11 is 7.30. The van der Waals surface area contributed by atoms with Crippen molar-refractivity contribution in [2.24, 2.45) is 0 Å². The van der Waals surface area contributed by atoms with Gasteiger partial charge in [0, 0.05) is 10.3 Å². The monoisotopic (exact) mass is 177 g/mol. The molecule has 10 heavy (non-hydrogen) atoms. The molecule has 0 bridgehead atoms. The van der Waals surface area contributed by atoms with Gasteiger partial charge in [-0.3, -0.25) is 0 Å². The minimum atomic E-state index is 0.716. The Morgan fingerprint density at radius 2 is 2.60 bits per heavy atom. The third-order valence-electron chi connectivity index (χ3n) is 1.01. The number of rotatable bonds is 3. The van der Waals surface area contributed by atoms with Crippen LogP contribution >= 0.6 is 22.9 Å². The molecule has 1 N–H and O–H groups in total. The molecule has 1 aromatic rings. The highest BCUT2D eigenvalue weighted by molar-refractivity contribution is 7.10. The quantitative estimate of drug-likeness (QED) is 0.714. The average molecular weight is 178 g/mol. The van der Waals surface area contributed by atoms with Crippen molar-refractivity contribution in [3.8, 4) is 0 Å². The van der Waals surface area contributed by atoms with Crippen molar-refractivity contribution in [3.05, 3.63) is 21.3 Å². The predicted octanol–water partition coefficient (Wildman–Crippen LogP) is 2.05. The summed E-state index contributed by atoms with van der Waals surface area (Å²) < 4.78 is 0. The maximum Gasteiger partial charge on any atom is 0.0572 e. The number of nitrogens with one attached hydrogen (secondary N) is 1. The lowest BCUT2D eigenvalue weighted by Gasteiger charge is -1.95. The van der Waals surface area contributed by atoms with E-state index in [-0.39, 0.29) is 0 Å². The van der Waals surface area contributed by atoms with Crippen LogP contribution in [0.4, 0.5) is 0 Å². The minimum Gasteiger partial charge on any atom is -0.305 e. The van der Waals surface area contributed by atoms with Gasteiger partial charge in [0.1, 0.15) is 0 Å². The molecule has 2 nitrogen and oxygen atoms in total. The molecule has 0 aliphatic rings. The van der Waals surface area contributed by atoms with Crippen molar-refractivity contribution in [1.29, 1.82) is 0 Å². The smallest absolute Gasteiger partial charge is 0.0572 e. The third kappa shape index (κ3) is 2.27. The lowest BCUT2D eigenvalue weighted by molar-refractivity contribution is 0.0874. The first-order valence-corrected chi connectivity index (χ1v) is 4.07. The summed E-state index contributed by atoms with van der Waals surface area (Å²) in [5, 5.41) is 2.69. The Labute approximate surface area is 68.7 Å². The first-order valence-electron chi connectivity index (χ1n) is 2.81. The highest BCUT2D eigenvalue weighted by atomic mass is 35.5. The lowest BCUT2D eigenvalue weighted by Crippen LogP contribution is -2.09. The zero-order chi connectivity index (χ0) is 7.40. The van der Waals surface area contributed by atoms with Crippen molar-refractivity contribution in [2.75, 3.05) is 7.11 Å². The van der Waals surface area contributed by atoms with Gasteiger partial charge in [-0.15, -0.1) is 11.3 Å². The second-order valence-electron chi connectivity index (χ2n) is 1.76. The molecule has 0 spiro atoms. The molecule has 0 radical (unpaired) electrons. The van der Waals surface area contributed by atoms with E-state index in [1.807, 2.05) is 11.4 Å². The molecule has 0 aliphatic heterocycles. The number of thiophene rings is 1. The summed E-state index contributed by atoms with van der Waals surface area (Å²) in [5.41, 5.74) is 2.73. The average Bonchev–Trinajstić information content (AvgIpc) is 2.31.